The summed E-state index contributed by atoms with van der Waals surface area (Å²) in [5.74, 6) is 0. The zero-order valence-electron chi connectivity index (χ0n) is 16.7. The van der Waals surface area contributed by atoms with Gasteiger partial charge >= 0.3 is 0 Å². The Morgan fingerprint density at radius 1 is 0.484 bits per heavy atom. The van der Waals surface area contributed by atoms with Crippen molar-refractivity contribution in [1.29, 1.82) is 0 Å². The highest BCUT2D eigenvalue weighted by Gasteiger charge is 2.14. The Balaban J connectivity index is 1.61. The Bertz CT molecular complexity index is 1320. The van der Waals surface area contributed by atoms with E-state index in [9.17, 15) is 0 Å². The zero-order chi connectivity index (χ0) is 21.2. The van der Waals surface area contributed by atoms with Crippen molar-refractivity contribution >= 4 is 59.7 Å². The van der Waals surface area contributed by atoms with Gasteiger partial charge in [-0.2, -0.15) is 0 Å². The molecular formula is C28H19Br2N. The quantitative estimate of drug-likeness (QED) is 0.224. The van der Waals surface area contributed by atoms with Crippen LogP contribution >= 0.6 is 31.9 Å². The lowest BCUT2D eigenvalue weighted by Gasteiger charge is -2.26. The van der Waals surface area contributed by atoms with Crippen LogP contribution in [0.25, 0.3) is 21.9 Å². The second-order valence-corrected chi connectivity index (χ2v) is 9.20. The van der Waals surface area contributed by atoms with Gasteiger partial charge in [-0.1, -0.05) is 105 Å². The van der Waals surface area contributed by atoms with Gasteiger partial charge in [0.15, 0.2) is 0 Å². The molecule has 5 aromatic rings. The lowest BCUT2D eigenvalue weighted by atomic mass is 9.98. The van der Waals surface area contributed by atoms with Crippen LogP contribution < -0.4 is 4.90 Å². The van der Waals surface area contributed by atoms with Gasteiger partial charge in [0.25, 0.3) is 0 Å². The molecule has 0 radical (unpaired) electrons. The van der Waals surface area contributed by atoms with Crippen molar-refractivity contribution in [3.05, 3.63) is 124 Å². The second-order valence-electron chi connectivity index (χ2n) is 7.37. The van der Waals surface area contributed by atoms with Crippen LogP contribution in [0.4, 0.5) is 17.1 Å². The first-order valence-corrected chi connectivity index (χ1v) is 11.7. The lowest BCUT2D eigenvalue weighted by Crippen LogP contribution is -2.09. The van der Waals surface area contributed by atoms with Crippen molar-refractivity contribution in [2.75, 3.05) is 4.90 Å². The summed E-state index contributed by atoms with van der Waals surface area (Å²) in [6, 6.07) is 40.6. The highest BCUT2D eigenvalue weighted by Crippen LogP contribution is 2.38. The molecule has 5 aromatic carbocycles. The molecule has 1 nitrogen and oxygen atoms in total. The van der Waals surface area contributed by atoms with Crippen LogP contribution in [-0.2, 0) is 0 Å². The minimum atomic E-state index is 1.03. The molecule has 5 rings (SSSR count). The Morgan fingerprint density at radius 3 is 1.84 bits per heavy atom. The van der Waals surface area contributed by atoms with Crippen LogP contribution in [0.5, 0.6) is 0 Å². The smallest absolute Gasteiger partial charge is 0.0484 e. The van der Waals surface area contributed by atoms with Gasteiger partial charge in [0, 0.05) is 26.0 Å². The largest absolute Gasteiger partial charge is 0.310 e. The summed E-state index contributed by atoms with van der Waals surface area (Å²) in [6.07, 6.45) is 0. The van der Waals surface area contributed by atoms with Crippen molar-refractivity contribution < 1.29 is 0 Å². The molecule has 31 heavy (non-hydrogen) atoms. The van der Waals surface area contributed by atoms with Crippen molar-refractivity contribution in [2.45, 2.75) is 0 Å². The van der Waals surface area contributed by atoms with Crippen molar-refractivity contribution in [1.82, 2.24) is 0 Å². The highest BCUT2D eigenvalue weighted by molar-refractivity contribution is 9.11. The van der Waals surface area contributed by atoms with Gasteiger partial charge in [-0.05, 0) is 64.4 Å². The molecule has 150 valence electrons. The van der Waals surface area contributed by atoms with Gasteiger partial charge in [0.1, 0.15) is 0 Å². The van der Waals surface area contributed by atoms with E-state index in [2.05, 4.69) is 146 Å². The summed E-state index contributed by atoms with van der Waals surface area (Å²) < 4.78 is 2.07. The standard InChI is InChI=1S/C28H19Br2N/c29-22-17-23(30)19-26(18-22)31(24-9-2-1-3-10-24)25-15-13-21(14-16-25)28-12-6-8-20-7-4-5-11-27(20)28/h1-19H. The van der Waals surface area contributed by atoms with Crippen LogP contribution in [0.1, 0.15) is 0 Å². The zero-order valence-corrected chi connectivity index (χ0v) is 19.8. The number of nitrogens with zero attached hydrogens (tertiary/aromatic N) is 1. The molecule has 0 saturated heterocycles. The van der Waals surface area contributed by atoms with Gasteiger partial charge in [0.05, 0.1) is 0 Å². The maximum absolute atomic E-state index is 3.63. The minimum absolute atomic E-state index is 1.03. The topological polar surface area (TPSA) is 3.24 Å². The van der Waals surface area contributed by atoms with Crippen LogP contribution in [0.3, 0.4) is 0 Å². The van der Waals surface area contributed by atoms with E-state index in [-0.39, 0.29) is 0 Å². The van der Waals surface area contributed by atoms with E-state index in [1.54, 1.807) is 0 Å². The lowest BCUT2D eigenvalue weighted by molar-refractivity contribution is 1.28. The summed E-state index contributed by atoms with van der Waals surface area (Å²) in [5.41, 5.74) is 5.78. The molecule has 0 heterocycles. The Labute approximate surface area is 199 Å². The number of halogens is 2. The van der Waals surface area contributed by atoms with Gasteiger partial charge in [-0.15, -0.1) is 0 Å². The number of hydrogen-bond donors (Lipinski definition) is 0. The maximum atomic E-state index is 3.63. The molecule has 0 saturated carbocycles. The molecule has 0 N–H and O–H groups in total. The molecule has 0 aliphatic rings. The third-order valence-corrected chi connectivity index (χ3v) is 6.26. The summed E-state index contributed by atoms with van der Waals surface area (Å²) in [5, 5.41) is 2.53. The van der Waals surface area contributed by atoms with Crippen molar-refractivity contribution in [3.63, 3.8) is 0 Å². The monoisotopic (exact) mass is 527 g/mol. The van der Waals surface area contributed by atoms with Crippen LogP contribution in [-0.4, -0.2) is 0 Å². The molecule has 0 amide bonds. The summed E-state index contributed by atoms with van der Waals surface area (Å²) in [7, 11) is 0. The first kappa shape index (κ1) is 20.0. The normalized spacial score (nSPS) is 10.9. The van der Waals surface area contributed by atoms with Crippen LogP contribution in [0.2, 0.25) is 0 Å². The molecule has 0 aliphatic heterocycles. The minimum Gasteiger partial charge on any atom is -0.310 e. The van der Waals surface area contributed by atoms with E-state index in [0.717, 1.165) is 26.0 Å². The average molecular weight is 529 g/mol. The third-order valence-electron chi connectivity index (χ3n) is 5.35. The fourth-order valence-electron chi connectivity index (χ4n) is 3.96. The van der Waals surface area contributed by atoms with Gasteiger partial charge in [0.2, 0.25) is 0 Å². The fraction of sp³-hybridized carbons (Fsp3) is 0. The molecule has 0 aromatic heterocycles. The van der Waals surface area contributed by atoms with Crippen LogP contribution in [0.15, 0.2) is 124 Å². The van der Waals surface area contributed by atoms with Gasteiger partial charge in [-0.25, -0.2) is 0 Å². The Morgan fingerprint density at radius 2 is 1.10 bits per heavy atom. The number of benzene rings is 5. The van der Waals surface area contributed by atoms with E-state index >= 15 is 0 Å². The third kappa shape index (κ3) is 4.16. The fourth-order valence-corrected chi connectivity index (χ4v) is 5.23. The number of hydrogen-bond acceptors (Lipinski definition) is 1. The van der Waals surface area contributed by atoms with Gasteiger partial charge < -0.3 is 4.90 Å². The summed E-state index contributed by atoms with van der Waals surface area (Å²) >= 11 is 7.27. The Hall–Kier alpha value is -2.88. The van der Waals surface area contributed by atoms with E-state index in [1.165, 1.54) is 21.9 Å². The summed E-state index contributed by atoms with van der Waals surface area (Å²) in [6.45, 7) is 0. The molecule has 3 heteroatoms. The highest BCUT2D eigenvalue weighted by atomic mass is 79.9. The van der Waals surface area contributed by atoms with E-state index in [0.29, 0.717) is 0 Å². The molecule has 0 bridgehead atoms. The molecule has 0 unspecified atom stereocenters. The Kier molecular flexibility index (Phi) is 5.63. The molecule has 0 spiro atoms. The van der Waals surface area contributed by atoms with E-state index < -0.39 is 0 Å². The average Bonchev–Trinajstić information content (AvgIpc) is 2.80. The predicted molar refractivity (Wildman–Crippen MR) is 139 cm³/mol. The number of para-hydroxylation sites is 1. The van der Waals surface area contributed by atoms with E-state index in [1.807, 2.05) is 6.07 Å². The number of anilines is 3. The maximum Gasteiger partial charge on any atom is 0.0484 e. The predicted octanol–water partition coefficient (Wildman–Crippen LogP) is 9.50. The molecular weight excluding hydrogens is 510 g/mol. The van der Waals surface area contributed by atoms with Crippen molar-refractivity contribution in [2.24, 2.45) is 0 Å². The number of rotatable bonds is 4. The first-order valence-electron chi connectivity index (χ1n) is 10.1. The SMILES string of the molecule is Brc1cc(Br)cc(N(c2ccccc2)c2ccc(-c3cccc4ccccc34)cc2)c1. The molecule has 0 aliphatic carbocycles. The molecule has 0 atom stereocenters. The van der Waals surface area contributed by atoms with Crippen LogP contribution in [0, 0.1) is 0 Å². The number of fused-ring (bicyclic) bond motifs is 1. The summed E-state index contributed by atoms with van der Waals surface area (Å²) in [4.78, 5) is 2.27. The van der Waals surface area contributed by atoms with Crippen molar-refractivity contribution in [3.8, 4) is 11.1 Å². The van der Waals surface area contributed by atoms with Gasteiger partial charge in [-0.3, -0.25) is 0 Å². The van der Waals surface area contributed by atoms with E-state index in [4.69, 9.17) is 0 Å². The molecule has 0 fully saturated rings. The second kappa shape index (κ2) is 8.70. The first-order chi connectivity index (χ1) is 15.2.